The number of anilines is 1. The normalized spacial score (nSPS) is 15.3. The molecule has 5 nitrogen and oxygen atoms in total. The van der Waals surface area contributed by atoms with Gasteiger partial charge in [0.25, 0.3) is 0 Å². The molecule has 0 aliphatic carbocycles. The second-order valence-electron chi connectivity index (χ2n) is 5.90. The van der Waals surface area contributed by atoms with Crippen molar-refractivity contribution in [2.24, 2.45) is 0 Å². The minimum Gasteiger partial charge on any atom is -0.462 e. The average Bonchev–Trinajstić information content (AvgIpc) is 3.12. The lowest BCUT2D eigenvalue weighted by molar-refractivity contribution is 0.0904. The van der Waals surface area contributed by atoms with Crippen LogP contribution in [0.2, 0.25) is 0 Å². The molecule has 1 saturated heterocycles. The van der Waals surface area contributed by atoms with Gasteiger partial charge in [-0.3, -0.25) is 4.98 Å². The quantitative estimate of drug-likeness (QED) is 0.791. The molecule has 0 radical (unpaired) electrons. The molecule has 0 saturated carbocycles. The lowest BCUT2D eigenvalue weighted by Gasteiger charge is -2.24. The molecule has 1 fully saturated rings. The highest BCUT2D eigenvalue weighted by molar-refractivity contribution is 5.90. The van der Waals surface area contributed by atoms with Crippen molar-refractivity contribution in [3.63, 3.8) is 0 Å². The summed E-state index contributed by atoms with van der Waals surface area (Å²) in [7, 11) is 0. The van der Waals surface area contributed by atoms with Gasteiger partial charge in [-0.25, -0.2) is 0 Å². The zero-order valence-corrected chi connectivity index (χ0v) is 13.2. The van der Waals surface area contributed by atoms with Crippen LogP contribution in [0.25, 0.3) is 22.2 Å². The first-order valence-electron chi connectivity index (χ1n) is 8.06. The minimum atomic E-state index is 0.356. The molecule has 4 rings (SSSR count). The van der Waals surface area contributed by atoms with Crippen LogP contribution in [0.1, 0.15) is 18.4 Å². The maximum absolute atomic E-state index is 9.54. The van der Waals surface area contributed by atoms with Crippen molar-refractivity contribution < 1.29 is 9.15 Å². The third-order valence-corrected chi connectivity index (χ3v) is 4.38. The number of hydrogen-bond acceptors (Lipinski definition) is 5. The average molecular weight is 319 g/mol. The monoisotopic (exact) mass is 319 g/mol. The number of nitrogens with zero attached hydrogens (tertiary/aromatic N) is 2. The van der Waals surface area contributed by atoms with Crippen LogP contribution < -0.4 is 5.32 Å². The molecule has 1 N–H and O–H groups in total. The second-order valence-corrected chi connectivity index (χ2v) is 5.90. The molecule has 0 unspecified atom stereocenters. The van der Waals surface area contributed by atoms with Crippen molar-refractivity contribution in [2.75, 3.05) is 18.5 Å². The van der Waals surface area contributed by atoms with Gasteiger partial charge in [-0.15, -0.1) is 0 Å². The summed E-state index contributed by atoms with van der Waals surface area (Å²) in [6, 6.07) is 12.3. The molecule has 0 spiro atoms. The SMILES string of the molecule is N#Cc1cc(-c2ccnc3ccoc23)ccc1NC1CCOCC1. The third kappa shape index (κ3) is 2.72. The van der Waals surface area contributed by atoms with E-state index < -0.39 is 0 Å². The van der Waals surface area contributed by atoms with Crippen LogP contribution in [0, 0.1) is 11.3 Å². The number of ether oxygens (including phenoxy) is 1. The molecule has 0 amide bonds. The lowest BCUT2D eigenvalue weighted by Crippen LogP contribution is -2.28. The molecule has 3 heterocycles. The number of nitriles is 1. The number of benzene rings is 1. The Morgan fingerprint density at radius 1 is 1.17 bits per heavy atom. The van der Waals surface area contributed by atoms with Crippen molar-refractivity contribution in [3.8, 4) is 17.2 Å². The number of fused-ring (bicyclic) bond motifs is 1. The fraction of sp³-hybridized carbons (Fsp3) is 0.263. The van der Waals surface area contributed by atoms with Crippen LogP contribution >= 0.6 is 0 Å². The van der Waals surface area contributed by atoms with Gasteiger partial charge in [-0.05, 0) is 36.6 Å². The first-order valence-corrected chi connectivity index (χ1v) is 8.06. The van der Waals surface area contributed by atoms with Gasteiger partial charge in [0.15, 0.2) is 5.58 Å². The van der Waals surface area contributed by atoms with E-state index in [1.54, 1.807) is 12.5 Å². The Labute approximate surface area is 139 Å². The summed E-state index contributed by atoms with van der Waals surface area (Å²) in [5.74, 6) is 0. The van der Waals surface area contributed by atoms with Crippen molar-refractivity contribution in [1.82, 2.24) is 4.98 Å². The first kappa shape index (κ1) is 14.7. The molecule has 1 aliphatic rings. The van der Waals surface area contributed by atoms with E-state index in [1.165, 1.54) is 0 Å². The van der Waals surface area contributed by atoms with E-state index >= 15 is 0 Å². The van der Waals surface area contributed by atoms with E-state index in [-0.39, 0.29) is 0 Å². The smallest absolute Gasteiger partial charge is 0.160 e. The number of pyridine rings is 1. The van der Waals surface area contributed by atoms with E-state index in [1.807, 2.05) is 30.3 Å². The van der Waals surface area contributed by atoms with Crippen LogP contribution in [0.4, 0.5) is 5.69 Å². The van der Waals surface area contributed by atoms with Crippen LogP contribution in [0.5, 0.6) is 0 Å². The number of nitrogens with one attached hydrogen (secondary N) is 1. The fourth-order valence-electron chi connectivity index (χ4n) is 3.09. The lowest BCUT2D eigenvalue weighted by atomic mass is 10.0. The van der Waals surface area contributed by atoms with Crippen LogP contribution in [0.3, 0.4) is 0 Å². The Hall–Kier alpha value is -2.84. The molecule has 0 atom stereocenters. The van der Waals surface area contributed by atoms with Crippen molar-refractivity contribution >= 4 is 16.8 Å². The van der Waals surface area contributed by atoms with Gasteiger partial charge in [0.2, 0.25) is 0 Å². The highest BCUT2D eigenvalue weighted by Gasteiger charge is 2.16. The number of hydrogen-bond donors (Lipinski definition) is 1. The van der Waals surface area contributed by atoms with Crippen molar-refractivity contribution in [3.05, 3.63) is 48.4 Å². The predicted octanol–water partition coefficient (Wildman–Crippen LogP) is 3.96. The highest BCUT2D eigenvalue weighted by atomic mass is 16.5. The molecule has 5 heteroatoms. The van der Waals surface area contributed by atoms with Gasteiger partial charge in [0.1, 0.15) is 11.6 Å². The molecule has 1 aromatic carbocycles. The molecule has 1 aliphatic heterocycles. The van der Waals surface area contributed by atoms with Crippen molar-refractivity contribution in [1.29, 1.82) is 5.26 Å². The molecule has 24 heavy (non-hydrogen) atoms. The Bertz CT molecular complexity index is 904. The number of rotatable bonds is 3. The predicted molar refractivity (Wildman–Crippen MR) is 91.6 cm³/mol. The summed E-state index contributed by atoms with van der Waals surface area (Å²) >= 11 is 0. The summed E-state index contributed by atoms with van der Waals surface area (Å²) in [4.78, 5) is 4.28. The number of aromatic nitrogens is 1. The summed E-state index contributed by atoms with van der Waals surface area (Å²) in [5, 5.41) is 13.0. The Morgan fingerprint density at radius 2 is 2.04 bits per heavy atom. The Balaban J connectivity index is 1.68. The topological polar surface area (TPSA) is 71.1 Å². The fourth-order valence-corrected chi connectivity index (χ4v) is 3.09. The van der Waals surface area contributed by atoms with Gasteiger partial charge >= 0.3 is 0 Å². The largest absolute Gasteiger partial charge is 0.462 e. The maximum Gasteiger partial charge on any atom is 0.160 e. The Kier molecular flexibility index (Phi) is 3.89. The van der Waals surface area contributed by atoms with Crippen molar-refractivity contribution in [2.45, 2.75) is 18.9 Å². The van der Waals surface area contributed by atoms with Crippen LogP contribution in [-0.2, 0) is 4.74 Å². The van der Waals surface area contributed by atoms with Gasteiger partial charge < -0.3 is 14.5 Å². The molecule has 2 aromatic heterocycles. The van der Waals surface area contributed by atoms with Gasteiger partial charge in [0, 0.05) is 37.1 Å². The summed E-state index contributed by atoms with van der Waals surface area (Å²) < 4.78 is 10.9. The highest BCUT2D eigenvalue weighted by Crippen LogP contribution is 2.31. The molecular weight excluding hydrogens is 302 g/mol. The Morgan fingerprint density at radius 3 is 2.88 bits per heavy atom. The summed E-state index contributed by atoms with van der Waals surface area (Å²) in [5.41, 5.74) is 4.96. The van der Waals surface area contributed by atoms with E-state index in [9.17, 15) is 5.26 Å². The molecule has 120 valence electrons. The van der Waals surface area contributed by atoms with Crippen LogP contribution in [0.15, 0.2) is 47.2 Å². The van der Waals surface area contributed by atoms with Gasteiger partial charge in [-0.1, -0.05) is 6.07 Å². The maximum atomic E-state index is 9.54. The van der Waals surface area contributed by atoms with Gasteiger partial charge in [-0.2, -0.15) is 5.26 Å². The summed E-state index contributed by atoms with van der Waals surface area (Å²) in [6.45, 7) is 1.54. The first-order chi connectivity index (χ1) is 11.8. The summed E-state index contributed by atoms with van der Waals surface area (Å²) in [6.07, 6.45) is 5.31. The molecular formula is C19H17N3O2. The van der Waals surface area contributed by atoms with E-state index in [4.69, 9.17) is 9.15 Å². The third-order valence-electron chi connectivity index (χ3n) is 4.38. The van der Waals surface area contributed by atoms with Gasteiger partial charge in [0.05, 0.1) is 17.5 Å². The zero-order chi connectivity index (χ0) is 16.4. The minimum absolute atomic E-state index is 0.356. The van der Waals surface area contributed by atoms with E-state index in [0.717, 1.165) is 54.0 Å². The molecule has 0 bridgehead atoms. The van der Waals surface area contributed by atoms with Crippen LogP contribution in [-0.4, -0.2) is 24.2 Å². The number of furan rings is 1. The van der Waals surface area contributed by atoms with E-state index in [2.05, 4.69) is 16.4 Å². The zero-order valence-electron chi connectivity index (χ0n) is 13.2. The standard InChI is InChI=1S/C19H17N3O2/c20-12-14-11-13(16-3-7-21-18-6-10-24-19(16)18)1-2-17(14)22-15-4-8-23-9-5-15/h1-3,6-7,10-11,15,22H,4-5,8-9H2. The molecule has 3 aromatic rings. The second kappa shape index (κ2) is 6.34. The van der Waals surface area contributed by atoms with E-state index in [0.29, 0.717) is 11.6 Å².